The van der Waals surface area contributed by atoms with Crippen LogP contribution in [0.5, 0.6) is 0 Å². The maximum Gasteiger partial charge on any atom is 0.223 e. The Balaban J connectivity index is 1.30. The van der Waals surface area contributed by atoms with Crippen LogP contribution in [0.3, 0.4) is 0 Å². The minimum Gasteiger partial charge on any atom is -0.343 e. The van der Waals surface area contributed by atoms with E-state index in [1.165, 1.54) is 34.8 Å². The molecule has 1 aromatic heterocycles. The van der Waals surface area contributed by atoms with E-state index in [2.05, 4.69) is 39.4 Å². The predicted molar refractivity (Wildman–Crippen MR) is 114 cm³/mol. The second-order valence-corrected chi connectivity index (χ2v) is 7.99. The van der Waals surface area contributed by atoms with E-state index in [1.807, 2.05) is 11.0 Å². The van der Waals surface area contributed by atoms with E-state index in [0.717, 1.165) is 30.2 Å². The van der Waals surface area contributed by atoms with Gasteiger partial charge in [-0.15, -0.1) is 0 Å². The van der Waals surface area contributed by atoms with Gasteiger partial charge in [-0.3, -0.25) is 4.79 Å². The van der Waals surface area contributed by atoms with Gasteiger partial charge in [-0.25, -0.2) is 4.39 Å². The van der Waals surface area contributed by atoms with Crippen molar-refractivity contribution in [1.82, 2.24) is 14.3 Å². The summed E-state index contributed by atoms with van der Waals surface area (Å²) in [6, 6.07) is 14.5. The van der Waals surface area contributed by atoms with Gasteiger partial charge in [-0.1, -0.05) is 29.8 Å². The van der Waals surface area contributed by atoms with Gasteiger partial charge in [0.25, 0.3) is 0 Å². The molecule has 0 spiro atoms. The smallest absolute Gasteiger partial charge is 0.223 e. The molecule has 29 heavy (non-hydrogen) atoms. The number of hydrogen-bond donors (Lipinski definition) is 0. The van der Waals surface area contributed by atoms with Crippen molar-refractivity contribution in [2.24, 2.45) is 0 Å². The van der Waals surface area contributed by atoms with Crippen molar-refractivity contribution in [3.63, 3.8) is 0 Å². The number of hydrogen-bond acceptors (Lipinski definition) is 5. The van der Waals surface area contributed by atoms with Crippen LogP contribution < -0.4 is 4.90 Å². The van der Waals surface area contributed by atoms with Crippen LogP contribution in [0.1, 0.15) is 17.5 Å². The van der Waals surface area contributed by atoms with E-state index in [1.54, 1.807) is 12.1 Å². The molecular formula is C22H23FN4OS. The highest BCUT2D eigenvalue weighted by Crippen LogP contribution is 2.25. The molecule has 1 aliphatic heterocycles. The zero-order valence-corrected chi connectivity index (χ0v) is 17.2. The summed E-state index contributed by atoms with van der Waals surface area (Å²) in [7, 11) is 0. The number of amides is 1. The first-order valence-corrected chi connectivity index (χ1v) is 10.5. The number of carbonyl (C=O) groups excluding carboxylic acids is 1. The van der Waals surface area contributed by atoms with Gasteiger partial charge in [0.2, 0.25) is 11.0 Å². The average molecular weight is 411 g/mol. The van der Waals surface area contributed by atoms with Gasteiger partial charge in [0.15, 0.2) is 5.82 Å². The molecule has 0 atom stereocenters. The molecule has 0 saturated carbocycles. The number of aromatic nitrogens is 2. The van der Waals surface area contributed by atoms with Crippen LogP contribution in [-0.4, -0.2) is 46.3 Å². The van der Waals surface area contributed by atoms with E-state index >= 15 is 0 Å². The number of nitrogens with zero attached hydrogens (tertiary/aromatic N) is 4. The molecule has 1 fully saturated rings. The molecule has 0 aliphatic carbocycles. The van der Waals surface area contributed by atoms with Gasteiger partial charge in [0.1, 0.15) is 5.82 Å². The Morgan fingerprint density at radius 2 is 1.86 bits per heavy atom. The SMILES string of the molecule is Cc1cccc(CCC(=O)N2CCN(c3nc(-c4ccc(F)cc4)ns3)CC2)c1. The Hall–Kier alpha value is -2.80. The lowest BCUT2D eigenvalue weighted by Gasteiger charge is -2.34. The molecule has 0 unspecified atom stereocenters. The number of carbonyl (C=O) groups is 1. The van der Waals surface area contributed by atoms with Crippen LogP contribution in [-0.2, 0) is 11.2 Å². The van der Waals surface area contributed by atoms with E-state index in [0.29, 0.717) is 25.3 Å². The molecule has 3 aromatic rings. The lowest BCUT2D eigenvalue weighted by atomic mass is 10.1. The van der Waals surface area contributed by atoms with Crippen LogP contribution in [0.4, 0.5) is 9.52 Å². The summed E-state index contributed by atoms with van der Waals surface area (Å²) in [5, 5.41) is 0.844. The number of halogens is 1. The summed E-state index contributed by atoms with van der Waals surface area (Å²) in [4.78, 5) is 21.3. The van der Waals surface area contributed by atoms with Gasteiger partial charge in [0.05, 0.1) is 0 Å². The highest BCUT2D eigenvalue weighted by atomic mass is 32.1. The molecular weight excluding hydrogens is 387 g/mol. The first-order valence-electron chi connectivity index (χ1n) is 9.76. The predicted octanol–water partition coefficient (Wildman–Crippen LogP) is 3.93. The summed E-state index contributed by atoms with van der Waals surface area (Å²) in [6.07, 6.45) is 1.31. The number of aryl methyl sites for hydroxylation is 2. The number of piperazine rings is 1. The van der Waals surface area contributed by atoms with Crippen LogP contribution in [0.25, 0.3) is 11.4 Å². The monoisotopic (exact) mass is 410 g/mol. The fraction of sp³-hybridized carbons (Fsp3) is 0.318. The Bertz CT molecular complexity index is 980. The molecule has 5 nitrogen and oxygen atoms in total. The van der Waals surface area contributed by atoms with Gasteiger partial charge >= 0.3 is 0 Å². The van der Waals surface area contributed by atoms with E-state index in [4.69, 9.17) is 0 Å². The third-order valence-corrected chi connectivity index (χ3v) is 5.91. The van der Waals surface area contributed by atoms with Crippen molar-refractivity contribution in [2.75, 3.05) is 31.1 Å². The highest BCUT2D eigenvalue weighted by Gasteiger charge is 2.23. The van der Waals surface area contributed by atoms with E-state index < -0.39 is 0 Å². The molecule has 2 heterocycles. The maximum atomic E-state index is 13.1. The lowest BCUT2D eigenvalue weighted by Crippen LogP contribution is -2.48. The van der Waals surface area contributed by atoms with Gasteiger partial charge in [0, 0.05) is 49.7 Å². The standard InChI is InChI=1S/C22H23FN4OS/c1-16-3-2-4-17(15-16)5-10-20(28)26-11-13-27(14-12-26)22-24-21(25-29-22)18-6-8-19(23)9-7-18/h2-4,6-9,15H,5,10-14H2,1H3. The van der Waals surface area contributed by atoms with Crippen molar-refractivity contribution in [3.8, 4) is 11.4 Å². The van der Waals surface area contributed by atoms with Gasteiger partial charge in [-0.2, -0.15) is 9.36 Å². The summed E-state index contributed by atoms with van der Waals surface area (Å²) in [5.74, 6) is 0.546. The van der Waals surface area contributed by atoms with Crippen molar-refractivity contribution in [1.29, 1.82) is 0 Å². The Labute approximate surface area is 174 Å². The van der Waals surface area contributed by atoms with Crippen LogP contribution in [0, 0.1) is 12.7 Å². The second kappa shape index (κ2) is 8.69. The first kappa shape index (κ1) is 19.5. The van der Waals surface area contributed by atoms with Crippen molar-refractivity contribution in [2.45, 2.75) is 19.8 Å². The van der Waals surface area contributed by atoms with Crippen LogP contribution in [0.15, 0.2) is 48.5 Å². The second-order valence-electron chi connectivity index (χ2n) is 7.26. The van der Waals surface area contributed by atoms with Crippen molar-refractivity contribution >= 4 is 22.6 Å². The fourth-order valence-corrected chi connectivity index (χ4v) is 4.22. The third kappa shape index (κ3) is 4.79. The quantitative estimate of drug-likeness (QED) is 0.639. The maximum absolute atomic E-state index is 13.1. The molecule has 0 N–H and O–H groups in total. The molecule has 1 amide bonds. The molecule has 4 rings (SSSR count). The lowest BCUT2D eigenvalue weighted by molar-refractivity contribution is -0.131. The summed E-state index contributed by atoms with van der Waals surface area (Å²) in [6.45, 7) is 4.94. The van der Waals surface area contributed by atoms with E-state index in [9.17, 15) is 9.18 Å². The Morgan fingerprint density at radius 3 is 2.59 bits per heavy atom. The molecule has 2 aromatic carbocycles. The minimum absolute atomic E-state index is 0.204. The zero-order valence-electron chi connectivity index (χ0n) is 16.3. The molecule has 0 radical (unpaired) electrons. The Kier molecular flexibility index (Phi) is 5.85. The summed E-state index contributed by atoms with van der Waals surface area (Å²) >= 11 is 1.34. The normalized spacial score (nSPS) is 14.3. The topological polar surface area (TPSA) is 49.3 Å². The number of rotatable bonds is 5. The largest absolute Gasteiger partial charge is 0.343 e. The third-order valence-electron chi connectivity index (χ3n) is 5.13. The average Bonchev–Trinajstić information content (AvgIpc) is 3.23. The molecule has 0 bridgehead atoms. The first-order chi connectivity index (χ1) is 14.1. The zero-order chi connectivity index (χ0) is 20.2. The molecule has 150 valence electrons. The van der Waals surface area contributed by atoms with Crippen molar-refractivity contribution < 1.29 is 9.18 Å². The minimum atomic E-state index is -0.271. The Morgan fingerprint density at radius 1 is 1.10 bits per heavy atom. The van der Waals surface area contributed by atoms with Crippen LogP contribution >= 0.6 is 11.5 Å². The highest BCUT2D eigenvalue weighted by molar-refractivity contribution is 7.09. The molecule has 1 saturated heterocycles. The van der Waals surface area contributed by atoms with E-state index in [-0.39, 0.29) is 11.7 Å². The van der Waals surface area contributed by atoms with Crippen molar-refractivity contribution in [3.05, 3.63) is 65.5 Å². The number of benzene rings is 2. The number of anilines is 1. The molecule has 7 heteroatoms. The summed E-state index contributed by atoms with van der Waals surface area (Å²) in [5.41, 5.74) is 3.23. The summed E-state index contributed by atoms with van der Waals surface area (Å²) < 4.78 is 17.5. The van der Waals surface area contributed by atoms with Gasteiger partial charge < -0.3 is 9.80 Å². The van der Waals surface area contributed by atoms with Gasteiger partial charge in [-0.05, 0) is 43.2 Å². The molecule has 1 aliphatic rings. The fourth-order valence-electron chi connectivity index (χ4n) is 3.48. The van der Waals surface area contributed by atoms with Crippen LogP contribution in [0.2, 0.25) is 0 Å².